The Morgan fingerprint density at radius 1 is 1.35 bits per heavy atom. The van der Waals surface area contributed by atoms with E-state index in [1.807, 2.05) is 0 Å². The van der Waals surface area contributed by atoms with Crippen molar-refractivity contribution in [3.8, 4) is 0 Å². The minimum atomic E-state index is -1.17. The molecule has 1 saturated heterocycles. The fraction of sp³-hybridized carbons (Fsp3) is 0.615. The molecule has 0 aromatic carbocycles. The molecular weight excluding hydrogens is 304 g/mol. The topological polar surface area (TPSA) is 140 Å². The van der Waals surface area contributed by atoms with Crippen molar-refractivity contribution in [3.63, 3.8) is 0 Å². The lowest BCUT2D eigenvalue weighted by Gasteiger charge is -2.36. The molecule has 23 heavy (non-hydrogen) atoms. The highest BCUT2D eigenvalue weighted by atomic mass is 16.6. The van der Waals surface area contributed by atoms with Gasteiger partial charge in [-0.1, -0.05) is 0 Å². The third kappa shape index (κ3) is 1.92. The molecule has 6 atom stereocenters. The number of hydrogen-bond donors (Lipinski definition) is 4. The third-order valence-corrected chi connectivity index (χ3v) is 4.61. The molecule has 0 amide bonds. The molecule has 0 radical (unpaired) electrons. The van der Waals surface area contributed by atoms with Gasteiger partial charge in [-0.15, -0.1) is 0 Å². The zero-order valence-electron chi connectivity index (χ0n) is 12.4. The van der Waals surface area contributed by atoms with Crippen LogP contribution in [-0.4, -0.2) is 87.6 Å². The lowest BCUT2D eigenvalue weighted by molar-refractivity contribution is -0.0900. The third-order valence-electron chi connectivity index (χ3n) is 4.61. The smallest absolute Gasteiger partial charge is 0.160 e. The Balaban J connectivity index is 1.70. The lowest BCUT2D eigenvalue weighted by atomic mass is 9.95. The molecule has 124 valence electrons. The molecule has 10 nitrogen and oxygen atoms in total. The van der Waals surface area contributed by atoms with Gasteiger partial charge in [0.2, 0.25) is 0 Å². The molecule has 4 aliphatic rings. The van der Waals surface area contributed by atoms with Crippen LogP contribution in [0, 0.1) is 5.92 Å². The van der Waals surface area contributed by atoms with E-state index in [1.165, 1.54) is 6.34 Å². The summed E-state index contributed by atoms with van der Waals surface area (Å²) in [5, 5.41) is 35.3. The average Bonchev–Trinajstić information content (AvgIpc) is 3.05. The van der Waals surface area contributed by atoms with Crippen molar-refractivity contribution in [2.75, 3.05) is 13.7 Å². The molecule has 0 aromatic heterocycles. The summed E-state index contributed by atoms with van der Waals surface area (Å²) in [5.41, 5.74) is 6.76. The van der Waals surface area contributed by atoms with E-state index in [2.05, 4.69) is 15.1 Å². The van der Waals surface area contributed by atoms with E-state index in [-0.39, 0.29) is 12.5 Å². The number of nitrogens with zero attached hydrogens (tertiary/aromatic N) is 5. The maximum Gasteiger partial charge on any atom is 0.160 e. The molecule has 0 bridgehead atoms. The molecule has 3 unspecified atom stereocenters. The lowest BCUT2D eigenvalue weighted by Crippen LogP contribution is -2.50. The van der Waals surface area contributed by atoms with Crippen LogP contribution < -0.4 is 5.73 Å². The van der Waals surface area contributed by atoms with Gasteiger partial charge in [0.1, 0.15) is 42.5 Å². The van der Waals surface area contributed by atoms with Crippen LogP contribution in [0.4, 0.5) is 0 Å². The predicted octanol–water partition coefficient (Wildman–Crippen LogP) is -2.77. The monoisotopic (exact) mass is 322 g/mol. The maximum atomic E-state index is 10.3. The first-order valence-corrected chi connectivity index (χ1v) is 7.32. The molecule has 10 heteroatoms. The van der Waals surface area contributed by atoms with Crippen molar-refractivity contribution < 1.29 is 20.1 Å². The first-order valence-electron chi connectivity index (χ1n) is 7.32. The fourth-order valence-corrected chi connectivity index (χ4v) is 3.46. The highest BCUT2D eigenvalue weighted by Crippen LogP contribution is 2.39. The molecule has 0 spiro atoms. The molecule has 4 rings (SSSR count). The van der Waals surface area contributed by atoms with E-state index in [4.69, 9.17) is 10.5 Å². The SMILES string of the molecule is CN1N=C(N)C2=CN([C@@H]3O[C@H](CO)[C@H](O)C3O)C3N=CN=C1C23. The molecule has 4 aliphatic heterocycles. The van der Waals surface area contributed by atoms with Crippen molar-refractivity contribution in [2.24, 2.45) is 26.7 Å². The van der Waals surface area contributed by atoms with Gasteiger partial charge in [0.25, 0.3) is 0 Å². The van der Waals surface area contributed by atoms with Crippen LogP contribution in [0.1, 0.15) is 0 Å². The summed E-state index contributed by atoms with van der Waals surface area (Å²) in [6, 6.07) is 0. The second kappa shape index (κ2) is 4.99. The molecule has 0 aliphatic carbocycles. The Kier molecular flexibility index (Phi) is 3.17. The summed E-state index contributed by atoms with van der Waals surface area (Å²) in [7, 11) is 1.76. The standard InChI is InChI=1S/C13H18N6O4/c1-18-11-7-5(10(14)17-18)2-19(12(7)16-4-15-11)13-9(22)8(21)6(3-20)23-13/h2,4,6-9,12-13,20-22H,3H2,1H3,(H2,14,17)/t6-,7?,8+,9?,12?,13-/m1/s1. The Morgan fingerprint density at radius 2 is 2.13 bits per heavy atom. The summed E-state index contributed by atoms with van der Waals surface area (Å²) in [6.45, 7) is -0.379. The summed E-state index contributed by atoms with van der Waals surface area (Å²) in [6.07, 6.45) is -1.23. The fourth-order valence-electron chi connectivity index (χ4n) is 3.46. The van der Waals surface area contributed by atoms with Crippen LogP contribution in [0.2, 0.25) is 0 Å². The molecular formula is C13H18N6O4. The van der Waals surface area contributed by atoms with Gasteiger partial charge in [0.15, 0.2) is 6.23 Å². The van der Waals surface area contributed by atoms with Gasteiger partial charge in [-0.2, -0.15) is 5.10 Å². The van der Waals surface area contributed by atoms with Crippen LogP contribution in [0.15, 0.2) is 26.9 Å². The molecule has 1 fully saturated rings. The summed E-state index contributed by atoms with van der Waals surface area (Å²) in [4.78, 5) is 10.3. The van der Waals surface area contributed by atoms with Gasteiger partial charge in [-0.25, -0.2) is 9.98 Å². The second-order valence-corrected chi connectivity index (χ2v) is 5.91. The number of rotatable bonds is 2. The Bertz CT molecular complexity index is 646. The summed E-state index contributed by atoms with van der Waals surface area (Å²) in [5.74, 6) is 0.858. The van der Waals surface area contributed by atoms with E-state index in [1.54, 1.807) is 23.2 Å². The van der Waals surface area contributed by atoms with E-state index in [0.29, 0.717) is 11.7 Å². The van der Waals surface area contributed by atoms with E-state index < -0.39 is 30.7 Å². The molecule has 0 saturated carbocycles. The normalized spacial score (nSPS) is 41.7. The molecule has 5 N–H and O–H groups in total. The van der Waals surface area contributed by atoms with Crippen LogP contribution in [-0.2, 0) is 4.74 Å². The first kappa shape index (κ1) is 14.6. The van der Waals surface area contributed by atoms with Gasteiger partial charge >= 0.3 is 0 Å². The average molecular weight is 322 g/mol. The number of aliphatic imine (C=N–C) groups is 2. The largest absolute Gasteiger partial charge is 0.394 e. The van der Waals surface area contributed by atoms with Gasteiger partial charge in [0.05, 0.1) is 12.5 Å². The zero-order valence-corrected chi connectivity index (χ0v) is 12.4. The van der Waals surface area contributed by atoms with Gasteiger partial charge < -0.3 is 30.7 Å². The minimum Gasteiger partial charge on any atom is -0.394 e. The number of ether oxygens (including phenoxy) is 1. The quantitative estimate of drug-likeness (QED) is 0.431. The van der Waals surface area contributed by atoms with Crippen molar-refractivity contribution in [1.82, 2.24) is 9.91 Å². The summed E-state index contributed by atoms with van der Waals surface area (Å²) < 4.78 is 5.60. The van der Waals surface area contributed by atoms with Gasteiger partial charge in [0, 0.05) is 18.8 Å². The predicted molar refractivity (Wildman–Crippen MR) is 80.3 cm³/mol. The number of amidine groups is 2. The number of hydrogen-bond acceptors (Lipinski definition) is 10. The van der Waals surface area contributed by atoms with Crippen molar-refractivity contribution >= 4 is 18.0 Å². The Labute approximate surface area is 131 Å². The Morgan fingerprint density at radius 3 is 2.83 bits per heavy atom. The van der Waals surface area contributed by atoms with Crippen molar-refractivity contribution in [1.29, 1.82) is 0 Å². The van der Waals surface area contributed by atoms with Gasteiger partial charge in [-0.3, -0.25) is 5.01 Å². The van der Waals surface area contributed by atoms with E-state index in [9.17, 15) is 15.3 Å². The Hall–Kier alpha value is -2.01. The second-order valence-electron chi connectivity index (χ2n) is 5.91. The van der Waals surface area contributed by atoms with E-state index in [0.717, 1.165) is 5.57 Å². The van der Waals surface area contributed by atoms with Crippen LogP contribution in [0.5, 0.6) is 0 Å². The van der Waals surface area contributed by atoms with Crippen LogP contribution >= 0.6 is 0 Å². The highest BCUT2D eigenvalue weighted by molar-refractivity contribution is 6.09. The number of aliphatic hydroxyl groups excluding tert-OH is 3. The first-order chi connectivity index (χ1) is 11.0. The minimum absolute atomic E-state index is 0.205. The maximum absolute atomic E-state index is 10.3. The number of nitrogens with two attached hydrogens (primary N) is 1. The van der Waals surface area contributed by atoms with Crippen LogP contribution in [0.25, 0.3) is 0 Å². The summed E-state index contributed by atoms with van der Waals surface area (Å²) >= 11 is 0. The van der Waals surface area contributed by atoms with Crippen molar-refractivity contribution in [2.45, 2.75) is 30.7 Å². The van der Waals surface area contributed by atoms with E-state index >= 15 is 0 Å². The zero-order chi connectivity index (χ0) is 16.3. The number of aliphatic hydroxyl groups is 3. The highest BCUT2D eigenvalue weighted by Gasteiger charge is 2.52. The van der Waals surface area contributed by atoms with Crippen LogP contribution in [0.3, 0.4) is 0 Å². The van der Waals surface area contributed by atoms with Gasteiger partial charge in [-0.05, 0) is 0 Å². The van der Waals surface area contributed by atoms with Crippen molar-refractivity contribution in [3.05, 3.63) is 11.8 Å². The number of hydrazone groups is 1. The molecule has 0 aromatic rings. The molecule has 4 heterocycles.